The molecule has 1 aliphatic rings. The first-order valence-corrected chi connectivity index (χ1v) is 12.3. The largest absolute Gasteiger partial charge is 0.858 e. The van der Waals surface area contributed by atoms with Crippen LogP contribution in [0.1, 0.15) is 50.9 Å². The van der Waals surface area contributed by atoms with Crippen molar-refractivity contribution in [3.05, 3.63) is 70.6 Å². The van der Waals surface area contributed by atoms with Crippen LogP contribution in [0.15, 0.2) is 48.8 Å². The first-order valence-electron chi connectivity index (χ1n) is 11.9. The van der Waals surface area contributed by atoms with Gasteiger partial charge in [0.15, 0.2) is 12.4 Å². The highest BCUT2D eigenvalue weighted by Gasteiger charge is 2.46. The van der Waals surface area contributed by atoms with Gasteiger partial charge in [-0.25, -0.2) is 4.68 Å². The Morgan fingerprint density at radius 2 is 1.89 bits per heavy atom. The number of hydrogen-bond donors (Lipinski definition) is 0. The molecule has 0 fully saturated rings. The number of nitrogens with zero attached hydrogens (tertiary/aromatic N) is 4. The summed E-state index contributed by atoms with van der Waals surface area (Å²) in [6.45, 7) is 8.15. The molecule has 3 heterocycles. The fraction of sp³-hybridized carbons (Fsp3) is 0.333. The topological polar surface area (TPSA) is 82.1 Å². The zero-order valence-corrected chi connectivity index (χ0v) is 21.2. The molecule has 1 aromatic carbocycles. The van der Waals surface area contributed by atoms with Gasteiger partial charge < -0.3 is 5.11 Å². The van der Waals surface area contributed by atoms with Crippen molar-refractivity contribution in [2.45, 2.75) is 47.0 Å². The number of benzene rings is 1. The van der Waals surface area contributed by atoms with Crippen LogP contribution in [0.3, 0.4) is 0 Å². The van der Waals surface area contributed by atoms with E-state index < -0.39 is 17.7 Å². The Morgan fingerprint density at radius 1 is 1.11 bits per heavy atom. The number of imide groups is 1. The third-order valence-corrected chi connectivity index (χ3v) is 6.16. The highest BCUT2D eigenvalue weighted by molar-refractivity contribution is 6.45. The molecule has 0 unspecified atom stereocenters. The Morgan fingerprint density at radius 3 is 2.54 bits per heavy atom. The number of amides is 2. The van der Waals surface area contributed by atoms with Gasteiger partial charge in [0.1, 0.15) is 5.57 Å². The molecule has 35 heavy (non-hydrogen) atoms. The lowest BCUT2D eigenvalue weighted by Crippen LogP contribution is -2.41. The first-order chi connectivity index (χ1) is 16.8. The fourth-order valence-electron chi connectivity index (χ4n) is 4.32. The summed E-state index contributed by atoms with van der Waals surface area (Å²) in [4.78, 5) is 28.6. The molecule has 0 spiro atoms. The van der Waals surface area contributed by atoms with E-state index in [2.05, 4.69) is 5.10 Å². The van der Waals surface area contributed by atoms with Gasteiger partial charge in [-0.1, -0.05) is 51.8 Å². The Labute approximate surface area is 210 Å². The van der Waals surface area contributed by atoms with Crippen LogP contribution in [0.25, 0.3) is 17.0 Å². The zero-order valence-electron chi connectivity index (χ0n) is 20.4. The maximum atomic E-state index is 13.8. The van der Waals surface area contributed by atoms with Gasteiger partial charge in [-0.3, -0.25) is 14.5 Å². The number of carbonyl (C=O) groups excluding carboxylic acids is 2. The molecule has 0 saturated heterocycles. The second-order valence-electron chi connectivity index (χ2n) is 9.08. The highest BCUT2D eigenvalue weighted by Crippen LogP contribution is 2.37. The summed E-state index contributed by atoms with van der Waals surface area (Å²) < 4.78 is 2.94. The normalized spacial score (nSPS) is 14.1. The van der Waals surface area contributed by atoms with Crippen molar-refractivity contribution in [3.8, 4) is 11.6 Å². The second kappa shape index (κ2) is 10.0. The van der Waals surface area contributed by atoms with Gasteiger partial charge in [0.2, 0.25) is 0 Å². The highest BCUT2D eigenvalue weighted by atomic mass is 35.5. The van der Waals surface area contributed by atoms with Crippen LogP contribution in [-0.4, -0.2) is 33.0 Å². The molecule has 7 nitrogen and oxygen atoms in total. The maximum Gasteiger partial charge on any atom is 0.326 e. The van der Waals surface area contributed by atoms with Crippen molar-refractivity contribution in [1.29, 1.82) is 0 Å². The average Bonchev–Trinajstić information content (AvgIpc) is 3.27. The Kier molecular flexibility index (Phi) is 7.08. The van der Waals surface area contributed by atoms with Gasteiger partial charge in [0, 0.05) is 28.8 Å². The standard InChI is InChI=1S/C27H29ClN4O3/c1-5-9-21-22(26(34)32(29-21)20-12-7-11-19(28)14-20)23-24(30-13-8-10-18(6-2)16-30)27(35)31(25(23)33)15-17(3)4/h7-8,10-14,16-17H,5-6,9,15H2,1-4H3. The summed E-state index contributed by atoms with van der Waals surface area (Å²) in [5.41, 5.74) is 2.48. The van der Waals surface area contributed by atoms with E-state index in [9.17, 15) is 14.7 Å². The fourth-order valence-corrected chi connectivity index (χ4v) is 4.51. The Hall–Kier alpha value is -3.45. The molecule has 0 saturated carbocycles. The van der Waals surface area contributed by atoms with Crippen LogP contribution in [0, 0.1) is 5.92 Å². The molecule has 182 valence electrons. The smallest absolute Gasteiger partial charge is 0.326 e. The molecule has 1 aliphatic heterocycles. The molecule has 2 aromatic heterocycles. The van der Waals surface area contributed by atoms with Gasteiger partial charge in [0.25, 0.3) is 11.6 Å². The van der Waals surface area contributed by atoms with Crippen LogP contribution in [-0.2, 0) is 22.4 Å². The van der Waals surface area contributed by atoms with Gasteiger partial charge in [-0.15, -0.1) is 0 Å². The quantitative estimate of drug-likeness (QED) is 0.354. The monoisotopic (exact) mass is 492 g/mol. The third kappa shape index (κ3) is 4.60. The van der Waals surface area contributed by atoms with Gasteiger partial charge in [-0.05, 0) is 48.9 Å². The zero-order chi connectivity index (χ0) is 25.3. The number of pyridine rings is 1. The van der Waals surface area contributed by atoms with Crippen LogP contribution in [0.4, 0.5) is 0 Å². The van der Waals surface area contributed by atoms with Gasteiger partial charge >= 0.3 is 5.91 Å². The van der Waals surface area contributed by atoms with Crippen molar-refractivity contribution in [2.75, 3.05) is 6.54 Å². The SMILES string of the molecule is CCCc1nn(-c2cccc(Cl)c2)c([O-])c1C1=C([n+]2cccc(CC)c2)C(=O)N(CC(C)C)C1=O. The van der Waals surface area contributed by atoms with Crippen molar-refractivity contribution in [2.24, 2.45) is 5.92 Å². The van der Waals surface area contributed by atoms with Crippen molar-refractivity contribution >= 4 is 34.7 Å². The molecule has 0 aliphatic carbocycles. The van der Waals surface area contributed by atoms with E-state index in [1.165, 1.54) is 9.58 Å². The Bertz CT molecular complexity index is 1330. The van der Waals surface area contributed by atoms with Gasteiger partial charge in [0.05, 0.1) is 11.4 Å². The third-order valence-electron chi connectivity index (χ3n) is 5.92. The average molecular weight is 493 g/mol. The molecule has 2 amide bonds. The first kappa shape index (κ1) is 24.7. The van der Waals surface area contributed by atoms with Crippen LogP contribution in [0.5, 0.6) is 5.88 Å². The molecule has 0 atom stereocenters. The summed E-state index contributed by atoms with van der Waals surface area (Å²) in [6.07, 6.45) is 5.55. The van der Waals surface area contributed by atoms with E-state index in [0.717, 1.165) is 18.4 Å². The minimum atomic E-state index is -0.465. The summed E-state index contributed by atoms with van der Waals surface area (Å²) in [7, 11) is 0. The van der Waals surface area contributed by atoms with E-state index in [-0.39, 0.29) is 29.3 Å². The molecule has 0 N–H and O–H groups in total. The van der Waals surface area contributed by atoms with E-state index in [0.29, 0.717) is 22.8 Å². The van der Waals surface area contributed by atoms with E-state index in [1.54, 1.807) is 35.0 Å². The maximum absolute atomic E-state index is 13.8. The second-order valence-corrected chi connectivity index (χ2v) is 9.52. The molecular weight excluding hydrogens is 464 g/mol. The summed E-state index contributed by atoms with van der Waals surface area (Å²) >= 11 is 6.16. The molecular formula is C27H29ClN4O3. The predicted octanol–water partition coefficient (Wildman–Crippen LogP) is 3.79. The predicted molar refractivity (Wildman–Crippen MR) is 133 cm³/mol. The van der Waals surface area contributed by atoms with Gasteiger partial charge in [-0.2, -0.15) is 9.67 Å². The number of hydrogen-bond acceptors (Lipinski definition) is 4. The number of aryl methyl sites for hydroxylation is 2. The van der Waals surface area contributed by atoms with E-state index in [4.69, 9.17) is 11.6 Å². The van der Waals surface area contributed by atoms with E-state index in [1.807, 2.05) is 46.0 Å². The molecule has 0 bridgehead atoms. The van der Waals surface area contributed by atoms with E-state index >= 15 is 0 Å². The Balaban J connectivity index is 2.00. The summed E-state index contributed by atoms with van der Waals surface area (Å²) in [5.74, 6) is -1.24. The number of rotatable bonds is 8. The van der Waals surface area contributed by atoms with Crippen LogP contribution < -0.4 is 9.67 Å². The molecule has 8 heteroatoms. The lowest BCUT2D eigenvalue weighted by atomic mass is 10.0. The molecule has 3 aromatic rings. The van der Waals surface area contributed by atoms with Crippen molar-refractivity contribution in [3.63, 3.8) is 0 Å². The van der Waals surface area contributed by atoms with Crippen LogP contribution >= 0.6 is 11.6 Å². The minimum Gasteiger partial charge on any atom is -0.858 e. The number of aromatic nitrogens is 3. The van der Waals surface area contributed by atoms with Crippen LogP contribution in [0.2, 0.25) is 5.02 Å². The van der Waals surface area contributed by atoms with Crippen molar-refractivity contribution < 1.29 is 19.3 Å². The lowest BCUT2D eigenvalue weighted by molar-refractivity contribution is -0.577. The minimum absolute atomic E-state index is 0.0755. The summed E-state index contributed by atoms with van der Waals surface area (Å²) in [5, 5.41) is 18.8. The number of halogens is 1. The summed E-state index contributed by atoms with van der Waals surface area (Å²) in [6, 6.07) is 10.6. The molecule has 0 radical (unpaired) electrons. The molecule has 4 rings (SSSR count). The lowest BCUT2D eigenvalue weighted by Gasteiger charge is -2.17. The number of carbonyl (C=O) groups is 2. The van der Waals surface area contributed by atoms with Crippen molar-refractivity contribution in [1.82, 2.24) is 14.7 Å².